The number of nitrogens with one attached hydrogen (secondary N) is 1. The molecule has 2 aliphatic carbocycles. The Morgan fingerprint density at radius 1 is 0.895 bits per heavy atom. The van der Waals surface area contributed by atoms with Crippen LogP contribution in [-0.4, -0.2) is 42.6 Å². The Balaban J connectivity index is 1.40. The quantitative estimate of drug-likeness (QED) is 0.863. The molecule has 3 fully saturated rings. The van der Waals surface area contributed by atoms with Crippen molar-refractivity contribution in [3.05, 3.63) is 0 Å². The van der Waals surface area contributed by atoms with Crippen LogP contribution in [0.1, 0.15) is 51.4 Å². The van der Waals surface area contributed by atoms with Gasteiger partial charge in [-0.05, 0) is 44.8 Å². The largest absolute Gasteiger partial charge is 0.348 e. The third kappa shape index (κ3) is 3.46. The second-order valence-electron chi connectivity index (χ2n) is 6.26. The molecule has 0 aromatic heterocycles. The van der Waals surface area contributed by atoms with Crippen LogP contribution in [-0.2, 0) is 9.47 Å². The summed E-state index contributed by atoms with van der Waals surface area (Å²) in [6.45, 7) is 1.58. The Hall–Kier alpha value is 0.230. The van der Waals surface area contributed by atoms with Crippen LogP contribution in [0.15, 0.2) is 0 Å². The molecule has 3 rings (SSSR count). The van der Waals surface area contributed by atoms with Crippen molar-refractivity contribution in [3.63, 3.8) is 0 Å². The minimum Gasteiger partial charge on any atom is -0.348 e. The lowest BCUT2D eigenvalue weighted by atomic mass is 9.87. The van der Waals surface area contributed by atoms with Crippen molar-refractivity contribution in [2.45, 2.75) is 74.5 Å². The van der Waals surface area contributed by atoms with E-state index in [2.05, 4.69) is 11.6 Å². The fourth-order valence-electron chi connectivity index (χ4n) is 3.81. The van der Waals surface area contributed by atoms with Crippen molar-refractivity contribution in [3.8, 4) is 0 Å². The first-order valence-electron chi connectivity index (χ1n) is 7.86. The molecule has 0 amide bonds. The molecule has 0 atom stereocenters. The highest BCUT2D eigenvalue weighted by molar-refractivity contribution is 7.99. The van der Waals surface area contributed by atoms with Gasteiger partial charge in [0.25, 0.3) is 0 Å². The van der Waals surface area contributed by atoms with Gasteiger partial charge in [0.1, 0.15) is 0 Å². The van der Waals surface area contributed by atoms with E-state index >= 15 is 0 Å². The second-order valence-corrected chi connectivity index (χ2v) is 7.40. The summed E-state index contributed by atoms with van der Waals surface area (Å²) in [5.41, 5.74) is 0. The number of hydrogen-bond donors (Lipinski definition) is 1. The zero-order valence-corrected chi connectivity index (χ0v) is 12.8. The summed E-state index contributed by atoms with van der Waals surface area (Å²) in [4.78, 5) is 0. The van der Waals surface area contributed by atoms with Crippen LogP contribution < -0.4 is 5.32 Å². The van der Waals surface area contributed by atoms with Crippen molar-refractivity contribution in [1.82, 2.24) is 5.32 Å². The zero-order valence-electron chi connectivity index (χ0n) is 12.0. The van der Waals surface area contributed by atoms with E-state index in [1.54, 1.807) is 0 Å². The van der Waals surface area contributed by atoms with Gasteiger partial charge in [-0.3, -0.25) is 0 Å². The van der Waals surface area contributed by atoms with Crippen LogP contribution in [0, 0.1) is 0 Å². The highest BCUT2D eigenvalue weighted by Crippen LogP contribution is 2.36. The number of thioether (sulfide) groups is 1. The first-order valence-corrected chi connectivity index (χ1v) is 9.15. The molecule has 1 N–H and O–H groups in total. The van der Waals surface area contributed by atoms with Crippen molar-refractivity contribution < 1.29 is 9.47 Å². The lowest BCUT2D eigenvalue weighted by molar-refractivity contribution is -0.179. The van der Waals surface area contributed by atoms with Gasteiger partial charge in [0.2, 0.25) is 0 Å². The van der Waals surface area contributed by atoms with Gasteiger partial charge in [-0.2, -0.15) is 11.8 Å². The number of hydrogen-bond acceptors (Lipinski definition) is 4. The standard InChI is InChI=1S/C15H27NO2S/c1-19-14-4-2-12(3-5-14)16-13-6-8-15(9-7-13)17-10-11-18-15/h12-14,16H,2-11H2,1H3. The zero-order chi connectivity index (χ0) is 13.1. The Labute approximate surface area is 121 Å². The second kappa shape index (κ2) is 6.33. The average molecular weight is 285 g/mol. The van der Waals surface area contributed by atoms with Crippen LogP contribution in [0.3, 0.4) is 0 Å². The molecule has 4 heteroatoms. The van der Waals surface area contributed by atoms with E-state index in [-0.39, 0.29) is 5.79 Å². The maximum Gasteiger partial charge on any atom is 0.168 e. The molecule has 1 aliphatic heterocycles. The fraction of sp³-hybridized carbons (Fsp3) is 1.00. The van der Waals surface area contributed by atoms with E-state index in [0.717, 1.165) is 37.3 Å². The summed E-state index contributed by atoms with van der Waals surface area (Å²) in [5.74, 6) is -0.200. The summed E-state index contributed by atoms with van der Waals surface area (Å²) >= 11 is 2.05. The van der Waals surface area contributed by atoms with Gasteiger partial charge in [0, 0.05) is 30.2 Å². The molecule has 1 spiro atoms. The molecular formula is C15H27NO2S. The maximum absolute atomic E-state index is 5.80. The molecule has 110 valence electrons. The van der Waals surface area contributed by atoms with Crippen LogP contribution in [0.25, 0.3) is 0 Å². The molecule has 2 saturated carbocycles. The Bertz CT molecular complexity index is 276. The lowest BCUT2D eigenvalue weighted by Crippen LogP contribution is -2.46. The van der Waals surface area contributed by atoms with E-state index in [9.17, 15) is 0 Å². The van der Waals surface area contributed by atoms with Crippen molar-refractivity contribution in [2.75, 3.05) is 19.5 Å². The minimum absolute atomic E-state index is 0.200. The van der Waals surface area contributed by atoms with E-state index in [1.165, 1.54) is 38.5 Å². The van der Waals surface area contributed by atoms with Gasteiger partial charge < -0.3 is 14.8 Å². The Morgan fingerprint density at radius 3 is 2.05 bits per heavy atom. The monoisotopic (exact) mass is 285 g/mol. The molecule has 3 nitrogen and oxygen atoms in total. The third-order valence-corrected chi connectivity index (χ3v) is 6.18. The third-order valence-electron chi connectivity index (χ3n) is 5.04. The van der Waals surface area contributed by atoms with Gasteiger partial charge in [-0.15, -0.1) is 0 Å². The van der Waals surface area contributed by atoms with Gasteiger partial charge in [0.05, 0.1) is 13.2 Å². The van der Waals surface area contributed by atoms with E-state index in [1.807, 2.05) is 11.8 Å². The maximum atomic E-state index is 5.80. The van der Waals surface area contributed by atoms with Gasteiger partial charge in [0.15, 0.2) is 5.79 Å². The lowest BCUT2D eigenvalue weighted by Gasteiger charge is -2.38. The van der Waals surface area contributed by atoms with Crippen LogP contribution in [0.2, 0.25) is 0 Å². The van der Waals surface area contributed by atoms with Crippen LogP contribution >= 0.6 is 11.8 Å². The molecule has 0 aromatic carbocycles. The molecule has 19 heavy (non-hydrogen) atoms. The summed E-state index contributed by atoms with van der Waals surface area (Å²) < 4.78 is 11.6. The molecule has 1 heterocycles. The topological polar surface area (TPSA) is 30.5 Å². The predicted molar refractivity (Wildman–Crippen MR) is 79.6 cm³/mol. The molecule has 1 saturated heterocycles. The van der Waals surface area contributed by atoms with Gasteiger partial charge >= 0.3 is 0 Å². The molecule has 0 radical (unpaired) electrons. The van der Waals surface area contributed by atoms with E-state index < -0.39 is 0 Å². The normalized spacial score (nSPS) is 35.8. The molecule has 3 aliphatic rings. The summed E-state index contributed by atoms with van der Waals surface area (Å²) in [7, 11) is 0. The SMILES string of the molecule is CSC1CCC(NC2CCC3(CC2)OCCO3)CC1. The summed E-state index contributed by atoms with van der Waals surface area (Å²) in [5, 5.41) is 4.80. The van der Waals surface area contributed by atoms with E-state index in [4.69, 9.17) is 9.47 Å². The summed E-state index contributed by atoms with van der Waals surface area (Å²) in [6, 6.07) is 1.45. The minimum atomic E-state index is -0.200. The highest BCUT2D eigenvalue weighted by atomic mass is 32.2. The summed E-state index contributed by atoms with van der Waals surface area (Å²) in [6.07, 6.45) is 12.3. The van der Waals surface area contributed by atoms with Crippen molar-refractivity contribution >= 4 is 11.8 Å². The Morgan fingerprint density at radius 2 is 1.47 bits per heavy atom. The fourth-order valence-corrected chi connectivity index (χ4v) is 4.55. The van der Waals surface area contributed by atoms with Crippen LogP contribution in [0.4, 0.5) is 0 Å². The molecule has 0 unspecified atom stereocenters. The van der Waals surface area contributed by atoms with E-state index in [0.29, 0.717) is 6.04 Å². The molecule has 0 aromatic rings. The van der Waals surface area contributed by atoms with Crippen LogP contribution in [0.5, 0.6) is 0 Å². The van der Waals surface area contributed by atoms with Crippen molar-refractivity contribution in [1.29, 1.82) is 0 Å². The number of ether oxygens (including phenoxy) is 2. The first-order chi connectivity index (χ1) is 9.30. The molecule has 0 bridgehead atoms. The average Bonchev–Trinajstić information content (AvgIpc) is 2.91. The highest BCUT2D eigenvalue weighted by Gasteiger charge is 2.40. The smallest absolute Gasteiger partial charge is 0.168 e. The molecular weight excluding hydrogens is 258 g/mol. The van der Waals surface area contributed by atoms with Gasteiger partial charge in [-0.25, -0.2) is 0 Å². The first kappa shape index (κ1) is 14.2. The van der Waals surface area contributed by atoms with Gasteiger partial charge in [-0.1, -0.05) is 0 Å². The van der Waals surface area contributed by atoms with Crippen molar-refractivity contribution in [2.24, 2.45) is 0 Å². The predicted octanol–water partition coefficient (Wildman–Crippen LogP) is 2.94. The number of rotatable bonds is 3. The Kier molecular flexibility index (Phi) is 4.73.